The third-order valence-electron chi connectivity index (χ3n) is 5.06. The second kappa shape index (κ2) is 7.27. The minimum Gasteiger partial charge on any atom is -0.360 e. The van der Waals surface area contributed by atoms with E-state index in [4.69, 9.17) is 4.52 Å². The van der Waals surface area contributed by atoms with E-state index in [2.05, 4.69) is 15.5 Å². The minimum absolute atomic E-state index is 0.0224. The monoisotopic (exact) mass is 354 g/mol. The van der Waals surface area contributed by atoms with Crippen LogP contribution in [0.2, 0.25) is 0 Å². The molecule has 2 aromatic heterocycles. The Labute approximate surface area is 151 Å². The van der Waals surface area contributed by atoms with Gasteiger partial charge in [0.25, 0.3) is 5.91 Å². The number of aromatic nitrogens is 2. The highest BCUT2D eigenvalue weighted by Gasteiger charge is 2.30. The molecular formula is C19H22N4O3. The zero-order valence-electron chi connectivity index (χ0n) is 14.6. The van der Waals surface area contributed by atoms with E-state index in [1.807, 2.05) is 12.1 Å². The number of nitrogens with one attached hydrogen (secondary N) is 1. The van der Waals surface area contributed by atoms with Crippen molar-refractivity contribution in [3.05, 3.63) is 47.1 Å². The van der Waals surface area contributed by atoms with Crippen LogP contribution in [0.4, 0.5) is 0 Å². The topological polar surface area (TPSA) is 88.3 Å². The largest absolute Gasteiger partial charge is 0.360 e. The average Bonchev–Trinajstić information content (AvgIpc) is 3.27. The molecular weight excluding hydrogens is 332 g/mol. The molecule has 0 spiro atoms. The smallest absolute Gasteiger partial charge is 0.276 e. The number of aryl methyl sites for hydroxylation is 1. The Morgan fingerprint density at radius 2 is 2.19 bits per heavy atom. The maximum Gasteiger partial charge on any atom is 0.276 e. The number of hydrogen-bond donors (Lipinski definition) is 1. The van der Waals surface area contributed by atoms with Crippen LogP contribution < -0.4 is 5.32 Å². The number of amides is 2. The number of carbonyl (C=O) groups excluding carboxylic acids is 2. The van der Waals surface area contributed by atoms with Gasteiger partial charge in [-0.1, -0.05) is 11.2 Å². The number of carbonyl (C=O) groups is 2. The van der Waals surface area contributed by atoms with Gasteiger partial charge in [0.05, 0.1) is 0 Å². The van der Waals surface area contributed by atoms with Gasteiger partial charge in [-0.2, -0.15) is 0 Å². The first kappa shape index (κ1) is 16.8. The normalized spacial score (nSPS) is 19.1. The number of rotatable bonds is 5. The van der Waals surface area contributed by atoms with E-state index in [0.717, 1.165) is 49.0 Å². The molecule has 0 bridgehead atoms. The molecule has 136 valence electrons. The van der Waals surface area contributed by atoms with Crippen LogP contribution >= 0.6 is 0 Å². The summed E-state index contributed by atoms with van der Waals surface area (Å²) >= 11 is 0. The molecule has 0 saturated carbocycles. The lowest BCUT2D eigenvalue weighted by molar-refractivity contribution is -0.119. The molecule has 1 atom stereocenters. The average molecular weight is 354 g/mol. The molecule has 0 aromatic carbocycles. The quantitative estimate of drug-likeness (QED) is 0.885. The van der Waals surface area contributed by atoms with Gasteiger partial charge >= 0.3 is 0 Å². The molecule has 26 heavy (non-hydrogen) atoms. The molecule has 1 aliphatic carbocycles. The first-order valence-electron chi connectivity index (χ1n) is 9.15. The molecule has 0 radical (unpaired) electrons. The van der Waals surface area contributed by atoms with Gasteiger partial charge < -0.3 is 14.7 Å². The fraction of sp³-hybridized carbons (Fsp3) is 0.474. The zero-order valence-corrected chi connectivity index (χ0v) is 14.6. The number of pyridine rings is 1. The number of nitrogens with zero attached hydrogens (tertiary/aromatic N) is 3. The molecule has 7 heteroatoms. The van der Waals surface area contributed by atoms with Crippen LogP contribution in [0.5, 0.6) is 0 Å². The maximum absolute atomic E-state index is 13.2. The number of hydrogen-bond acceptors (Lipinski definition) is 5. The summed E-state index contributed by atoms with van der Waals surface area (Å²) < 4.78 is 5.42. The van der Waals surface area contributed by atoms with Crippen molar-refractivity contribution in [1.29, 1.82) is 0 Å². The summed E-state index contributed by atoms with van der Waals surface area (Å²) in [6, 6.07) is 3.78. The molecule has 2 aromatic rings. The van der Waals surface area contributed by atoms with Crippen molar-refractivity contribution in [3.63, 3.8) is 0 Å². The van der Waals surface area contributed by atoms with Crippen LogP contribution in [0.1, 0.15) is 53.1 Å². The van der Waals surface area contributed by atoms with Crippen molar-refractivity contribution < 1.29 is 14.1 Å². The Kier molecular flexibility index (Phi) is 4.69. The molecule has 4 rings (SSSR count). The highest BCUT2D eigenvalue weighted by molar-refractivity contribution is 5.94. The van der Waals surface area contributed by atoms with Gasteiger partial charge in [0.15, 0.2) is 5.69 Å². The van der Waals surface area contributed by atoms with E-state index in [-0.39, 0.29) is 17.9 Å². The van der Waals surface area contributed by atoms with Crippen molar-refractivity contribution in [2.45, 2.75) is 51.1 Å². The SMILES string of the molecule is O=C1CC[C@@H](CN(Cc2cccnc2)C(=O)c2noc3c2CCCC3)N1. The second-order valence-corrected chi connectivity index (χ2v) is 6.99. The zero-order chi connectivity index (χ0) is 17.9. The van der Waals surface area contributed by atoms with Crippen molar-refractivity contribution >= 4 is 11.8 Å². The summed E-state index contributed by atoms with van der Waals surface area (Å²) in [7, 11) is 0. The van der Waals surface area contributed by atoms with Crippen molar-refractivity contribution in [2.75, 3.05) is 6.54 Å². The van der Waals surface area contributed by atoms with Crippen LogP contribution in [-0.2, 0) is 24.2 Å². The second-order valence-electron chi connectivity index (χ2n) is 6.99. The summed E-state index contributed by atoms with van der Waals surface area (Å²) in [5, 5.41) is 7.02. The Balaban J connectivity index is 1.57. The highest BCUT2D eigenvalue weighted by atomic mass is 16.5. The molecule has 0 unspecified atom stereocenters. The van der Waals surface area contributed by atoms with Crippen LogP contribution in [0.25, 0.3) is 0 Å². The third kappa shape index (κ3) is 3.47. The minimum atomic E-state index is -0.137. The molecule has 7 nitrogen and oxygen atoms in total. The Morgan fingerprint density at radius 1 is 1.31 bits per heavy atom. The summed E-state index contributed by atoms with van der Waals surface area (Å²) in [5.74, 6) is 0.750. The lowest BCUT2D eigenvalue weighted by atomic mass is 9.96. The maximum atomic E-state index is 13.2. The van der Waals surface area contributed by atoms with Crippen LogP contribution in [0, 0.1) is 0 Å². The van der Waals surface area contributed by atoms with Gasteiger partial charge in [-0.05, 0) is 37.3 Å². The predicted molar refractivity (Wildman–Crippen MR) is 93.3 cm³/mol. The fourth-order valence-corrected chi connectivity index (χ4v) is 3.71. The lowest BCUT2D eigenvalue weighted by Crippen LogP contribution is -2.42. The van der Waals surface area contributed by atoms with Crippen LogP contribution in [-0.4, -0.2) is 39.4 Å². The molecule has 2 amide bonds. The van der Waals surface area contributed by atoms with E-state index < -0.39 is 0 Å². The summed E-state index contributed by atoms with van der Waals surface area (Å²) in [5.41, 5.74) is 2.32. The van der Waals surface area contributed by atoms with Crippen molar-refractivity contribution in [1.82, 2.24) is 20.4 Å². The van der Waals surface area contributed by atoms with Gasteiger partial charge in [0, 0.05) is 49.9 Å². The highest BCUT2D eigenvalue weighted by Crippen LogP contribution is 2.26. The Bertz CT molecular complexity index is 802. The van der Waals surface area contributed by atoms with Gasteiger partial charge in [-0.25, -0.2) is 0 Å². The lowest BCUT2D eigenvalue weighted by Gasteiger charge is -2.25. The van der Waals surface area contributed by atoms with Crippen LogP contribution in [0.3, 0.4) is 0 Å². The number of fused-ring (bicyclic) bond motifs is 1. The first-order valence-corrected chi connectivity index (χ1v) is 9.15. The van der Waals surface area contributed by atoms with E-state index in [0.29, 0.717) is 25.2 Å². The van der Waals surface area contributed by atoms with Gasteiger partial charge in [0.2, 0.25) is 5.91 Å². The third-order valence-corrected chi connectivity index (χ3v) is 5.06. The fourth-order valence-electron chi connectivity index (χ4n) is 3.71. The van der Waals surface area contributed by atoms with Crippen molar-refractivity contribution in [2.24, 2.45) is 0 Å². The van der Waals surface area contributed by atoms with Gasteiger partial charge in [-0.3, -0.25) is 14.6 Å². The Hall–Kier alpha value is -2.70. The molecule has 3 heterocycles. The van der Waals surface area contributed by atoms with Gasteiger partial charge in [0.1, 0.15) is 5.76 Å². The van der Waals surface area contributed by atoms with E-state index in [1.54, 1.807) is 17.3 Å². The summed E-state index contributed by atoms with van der Waals surface area (Å²) in [6.45, 7) is 0.891. The van der Waals surface area contributed by atoms with E-state index >= 15 is 0 Å². The molecule has 1 saturated heterocycles. The molecule has 2 aliphatic rings. The molecule has 1 aliphatic heterocycles. The summed E-state index contributed by atoms with van der Waals surface area (Å²) in [6.07, 6.45) is 8.52. The predicted octanol–water partition coefficient (Wildman–Crippen LogP) is 1.87. The standard InChI is InChI=1S/C19H22N4O3/c24-17-8-7-14(21-17)12-23(11-13-4-3-9-20-10-13)19(25)18-15-5-1-2-6-16(15)26-22-18/h3-4,9-10,14H,1-2,5-8,11-12H2,(H,21,24)/t14-/m0/s1. The van der Waals surface area contributed by atoms with Gasteiger partial charge in [-0.15, -0.1) is 0 Å². The first-order chi connectivity index (χ1) is 12.7. The summed E-state index contributed by atoms with van der Waals surface area (Å²) in [4.78, 5) is 30.6. The van der Waals surface area contributed by atoms with Crippen molar-refractivity contribution in [3.8, 4) is 0 Å². The molecule has 1 fully saturated rings. The molecule has 1 N–H and O–H groups in total. The van der Waals surface area contributed by atoms with Crippen LogP contribution in [0.15, 0.2) is 29.0 Å². The Morgan fingerprint density at radius 3 is 2.96 bits per heavy atom. The van der Waals surface area contributed by atoms with E-state index in [9.17, 15) is 9.59 Å². The van der Waals surface area contributed by atoms with E-state index in [1.165, 1.54) is 0 Å².